The van der Waals surface area contributed by atoms with E-state index in [1.807, 2.05) is 0 Å². The third-order valence-corrected chi connectivity index (χ3v) is 8.27. The van der Waals surface area contributed by atoms with Gasteiger partial charge in [0.25, 0.3) is 0 Å². The van der Waals surface area contributed by atoms with Crippen molar-refractivity contribution in [2.45, 2.75) is 71.1 Å². The van der Waals surface area contributed by atoms with Crippen molar-refractivity contribution in [1.82, 2.24) is 0 Å². The molecule has 3 saturated carbocycles. The van der Waals surface area contributed by atoms with Gasteiger partial charge in [0.2, 0.25) is 11.6 Å². The molecule has 0 aliphatic heterocycles. The molecule has 4 atom stereocenters. The minimum Gasteiger partial charge on any atom is -0.486 e. The normalized spacial score (nSPS) is 32.6. The molecule has 0 aromatic heterocycles. The van der Waals surface area contributed by atoms with E-state index in [0.717, 1.165) is 49.4 Å². The number of rotatable bonds is 6. The summed E-state index contributed by atoms with van der Waals surface area (Å²) in [7, 11) is 0. The summed E-state index contributed by atoms with van der Waals surface area (Å²) >= 11 is 0. The van der Waals surface area contributed by atoms with E-state index in [1.54, 1.807) is 0 Å². The van der Waals surface area contributed by atoms with Crippen molar-refractivity contribution in [3.8, 4) is 11.5 Å². The van der Waals surface area contributed by atoms with E-state index in [4.69, 9.17) is 9.47 Å². The number of hydrogen-bond acceptors (Lipinski definition) is 3. The zero-order valence-corrected chi connectivity index (χ0v) is 19.2. The number of carbonyl (C=O) groups excluding carboxylic acids is 1. The summed E-state index contributed by atoms with van der Waals surface area (Å²) in [5.41, 5.74) is 0. The van der Waals surface area contributed by atoms with Gasteiger partial charge >= 0.3 is 5.97 Å². The maximum absolute atomic E-state index is 14.3. The highest BCUT2D eigenvalue weighted by Gasteiger charge is 2.39. The van der Waals surface area contributed by atoms with Crippen molar-refractivity contribution in [2.75, 3.05) is 6.61 Å². The lowest BCUT2D eigenvalue weighted by Gasteiger charge is -2.44. The van der Waals surface area contributed by atoms with Crippen LogP contribution in [-0.4, -0.2) is 12.6 Å². The maximum atomic E-state index is 14.3. The van der Waals surface area contributed by atoms with E-state index in [1.165, 1.54) is 56.7 Å². The Hall–Kier alpha value is -1.91. The minimum absolute atomic E-state index is 0.0697. The first-order valence-corrected chi connectivity index (χ1v) is 12.4. The molecule has 176 valence electrons. The maximum Gasteiger partial charge on any atom is 0.314 e. The number of fused-ring (bicyclic) bond motifs is 1. The van der Waals surface area contributed by atoms with Gasteiger partial charge in [0.15, 0.2) is 11.5 Å². The fraction of sp³-hybridized carbons (Fsp3) is 0.667. The average molecular weight is 447 g/mol. The van der Waals surface area contributed by atoms with Crippen LogP contribution in [0.25, 0.3) is 0 Å². The number of esters is 1. The molecule has 0 spiro atoms. The third-order valence-electron chi connectivity index (χ3n) is 8.27. The highest BCUT2D eigenvalue weighted by molar-refractivity contribution is 5.75. The predicted octanol–water partition coefficient (Wildman–Crippen LogP) is 7.09. The third kappa shape index (κ3) is 5.18. The second kappa shape index (κ2) is 10.4. The van der Waals surface area contributed by atoms with Crippen LogP contribution in [0.1, 0.15) is 71.1 Å². The topological polar surface area (TPSA) is 35.5 Å². The molecule has 3 aliphatic carbocycles. The number of ether oxygens (including phenoxy) is 2. The molecule has 4 rings (SSSR count). The van der Waals surface area contributed by atoms with Crippen LogP contribution in [0.4, 0.5) is 8.78 Å². The number of carbonyl (C=O) groups is 1. The first-order chi connectivity index (χ1) is 15.5. The summed E-state index contributed by atoms with van der Waals surface area (Å²) in [6.45, 7) is 5.95. The fourth-order valence-corrected chi connectivity index (χ4v) is 6.46. The Kier molecular flexibility index (Phi) is 7.52. The lowest BCUT2D eigenvalue weighted by molar-refractivity contribution is -0.140. The summed E-state index contributed by atoms with van der Waals surface area (Å²) in [6, 6.07) is 2.54. The molecule has 5 heteroatoms. The van der Waals surface area contributed by atoms with Gasteiger partial charge in [-0.15, -0.1) is 0 Å². The average Bonchev–Trinajstić information content (AvgIpc) is 2.81. The SMILES string of the molecule is C=CCOc1ccc(OC(=O)C2CCC(C3CCC4CC(C)CCC4C3)CC2)c(F)c1F. The van der Waals surface area contributed by atoms with Crippen LogP contribution in [0.3, 0.4) is 0 Å². The Morgan fingerprint density at radius 3 is 2.19 bits per heavy atom. The molecule has 1 aromatic carbocycles. The van der Waals surface area contributed by atoms with Gasteiger partial charge in [0, 0.05) is 0 Å². The number of halogens is 2. The van der Waals surface area contributed by atoms with E-state index in [0.29, 0.717) is 5.92 Å². The largest absolute Gasteiger partial charge is 0.486 e. The molecule has 0 amide bonds. The van der Waals surface area contributed by atoms with Crippen LogP contribution in [0, 0.1) is 47.1 Å². The Balaban J connectivity index is 1.28. The number of benzene rings is 1. The number of hydrogen-bond donors (Lipinski definition) is 0. The van der Waals surface area contributed by atoms with Crippen LogP contribution in [0.5, 0.6) is 11.5 Å². The first-order valence-electron chi connectivity index (χ1n) is 12.4. The lowest BCUT2D eigenvalue weighted by Crippen LogP contribution is -2.35. The standard InChI is InChI=1S/C27H36F2O3/c1-3-14-31-23-12-13-24(26(29)25(23)28)32-27(30)19-8-6-18(7-9-19)21-11-10-20-15-17(2)4-5-22(20)16-21/h3,12-13,17-22H,1,4-11,14-16H2,2H3. The van der Waals surface area contributed by atoms with Crippen molar-refractivity contribution in [1.29, 1.82) is 0 Å². The minimum atomic E-state index is -1.19. The Morgan fingerprint density at radius 2 is 1.47 bits per heavy atom. The quantitative estimate of drug-likeness (QED) is 0.266. The van der Waals surface area contributed by atoms with Crippen LogP contribution in [0.2, 0.25) is 0 Å². The highest BCUT2D eigenvalue weighted by atomic mass is 19.2. The van der Waals surface area contributed by atoms with E-state index >= 15 is 0 Å². The van der Waals surface area contributed by atoms with E-state index in [9.17, 15) is 13.6 Å². The second-order valence-electron chi connectivity index (χ2n) is 10.3. The summed E-state index contributed by atoms with van der Waals surface area (Å²) in [5.74, 6) is 0.600. The molecule has 0 radical (unpaired) electrons. The van der Waals surface area contributed by atoms with E-state index in [2.05, 4.69) is 13.5 Å². The molecular weight excluding hydrogens is 410 g/mol. The molecule has 0 N–H and O–H groups in total. The van der Waals surface area contributed by atoms with Crippen molar-refractivity contribution in [2.24, 2.45) is 35.5 Å². The predicted molar refractivity (Wildman–Crippen MR) is 120 cm³/mol. The van der Waals surface area contributed by atoms with Crippen molar-refractivity contribution < 1.29 is 23.0 Å². The summed E-state index contributed by atoms with van der Waals surface area (Å²) in [6.07, 6.45) is 13.3. The van der Waals surface area contributed by atoms with Gasteiger partial charge in [-0.25, -0.2) is 0 Å². The Bertz CT molecular complexity index is 815. The molecular formula is C27H36F2O3. The van der Waals surface area contributed by atoms with Gasteiger partial charge in [-0.2, -0.15) is 8.78 Å². The smallest absolute Gasteiger partial charge is 0.314 e. The molecule has 0 heterocycles. The molecule has 4 unspecified atom stereocenters. The zero-order chi connectivity index (χ0) is 22.7. The summed E-state index contributed by atoms with van der Waals surface area (Å²) in [4.78, 5) is 12.6. The van der Waals surface area contributed by atoms with Crippen molar-refractivity contribution in [3.05, 3.63) is 36.4 Å². The van der Waals surface area contributed by atoms with Gasteiger partial charge in [-0.3, -0.25) is 4.79 Å². The van der Waals surface area contributed by atoms with E-state index in [-0.39, 0.29) is 24.0 Å². The molecule has 32 heavy (non-hydrogen) atoms. The fourth-order valence-electron chi connectivity index (χ4n) is 6.46. The van der Waals surface area contributed by atoms with Gasteiger partial charge in [-0.1, -0.05) is 26.0 Å². The molecule has 3 aliphatic rings. The summed E-state index contributed by atoms with van der Waals surface area (Å²) in [5, 5.41) is 0. The Labute approximate surface area is 190 Å². The molecule has 3 fully saturated rings. The van der Waals surface area contributed by atoms with Crippen LogP contribution >= 0.6 is 0 Å². The van der Waals surface area contributed by atoms with Crippen molar-refractivity contribution >= 4 is 5.97 Å². The van der Waals surface area contributed by atoms with Gasteiger partial charge in [-0.05, 0) is 99.5 Å². The Morgan fingerprint density at radius 1 is 0.906 bits per heavy atom. The highest BCUT2D eigenvalue weighted by Crippen LogP contribution is 2.49. The van der Waals surface area contributed by atoms with Gasteiger partial charge < -0.3 is 9.47 Å². The molecule has 0 saturated heterocycles. The second-order valence-corrected chi connectivity index (χ2v) is 10.3. The zero-order valence-electron chi connectivity index (χ0n) is 19.2. The van der Waals surface area contributed by atoms with Crippen LogP contribution in [0.15, 0.2) is 24.8 Å². The van der Waals surface area contributed by atoms with Gasteiger partial charge in [0.1, 0.15) is 6.61 Å². The van der Waals surface area contributed by atoms with E-state index < -0.39 is 17.6 Å². The summed E-state index contributed by atoms with van der Waals surface area (Å²) < 4.78 is 38.8. The van der Waals surface area contributed by atoms with Gasteiger partial charge in [0.05, 0.1) is 5.92 Å². The monoisotopic (exact) mass is 446 g/mol. The van der Waals surface area contributed by atoms with Crippen molar-refractivity contribution in [3.63, 3.8) is 0 Å². The van der Waals surface area contributed by atoms with Crippen LogP contribution in [-0.2, 0) is 4.79 Å². The lowest BCUT2D eigenvalue weighted by atomic mass is 9.61. The first kappa shape index (κ1) is 23.3. The van der Waals surface area contributed by atoms with Crippen LogP contribution < -0.4 is 9.47 Å². The molecule has 3 nitrogen and oxygen atoms in total. The molecule has 0 bridgehead atoms. The molecule has 1 aromatic rings.